The molecule has 1 aromatic carbocycles. The molecule has 0 amide bonds. The van der Waals surface area contributed by atoms with E-state index in [1.165, 1.54) is 6.92 Å². The van der Waals surface area contributed by atoms with E-state index in [0.717, 1.165) is 61.8 Å². The number of aromatic amines is 1. The van der Waals surface area contributed by atoms with Crippen LogP contribution < -0.4 is 20.9 Å². The number of hydrogen-bond acceptors (Lipinski definition) is 8. The van der Waals surface area contributed by atoms with E-state index in [0.29, 0.717) is 12.8 Å². The van der Waals surface area contributed by atoms with E-state index in [2.05, 4.69) is 72.8 Å². The van der Waals surface area contributed by atoms with E-state index in [4.69, 9.17) is 13.8 Å². The van der Waals surface area contributed by atoms with Crippen molar-refractivity contribution < 1.29 is 32.6 Å². The summed E-state index contributed by atoms with van der Waals surface area (Å²) < 4.78 is 47.8. The zero-order valence-electron chi connectivity index (χ0n) is 30.8. The fraction of sp³-hybridized carbons (Fsp3) is 0.475. The Morgan fingerprint density at radius 1 is 0.943 bits per heavy atom. The van der Waals surface area contributed by atoms with E-state index < -0.39 is 49.7 Å². The van der Waals surface area contributed by atoms with Gasteiger partial charge in [-0.1, -0.05) is 92.8 Å². The summed E-state index contributed by atoms with van der Waals surface area (Å²) in [5.74, 6) is 0.331. The van der Waals surface area contributed by atoms with Crippen LogP contribution >= 0.6 is 7.75 Å². The lowest BCUT2D eigenvalue weighted by Crippen LogP contribution is -2.45. The number of ketones is 1. The fourth-order valence-corrected chi connectivity index (χ4v) is 6.92. The molecule has 0 aliphatic carbocycles. The number of aromatic nitrogens is 2. The predicted octanol–water partition coefficient (Wildman–Crippen LogP) is 7.98. The summed E-state index contributed by atoms with van der Waals surface area (Å²) >= 11 is 0. The van der Waals surface area contributed by atoms with E-state index in [-0.39, 0.29) is 30.9 Å². The van der Waals surface area contributed by atoms with Gasteiger partial charge >= 0.3 is 13.4 Å². The number of alkyl halides is 1. The number of carbonyl (C=O) groups is 1. The minimum atomic E-state index is -4.11. The second-order valence-electron chi connectivity index (χ2n) is 12.6. The van der Waals surface area contributed by atoms with E-state index in [1.807, 2.05) is 4.98 Å². The minimum Gasteiger partial charge on any atom is -0.413 e. The highest BCUT2D eigenvalue weighted by Gasteiger charge is 2.57. The molecule has 290 valence electrons. The number of Topliss-reactive ketones (excluding diaryl/α,β-unsaturated/α-hetero) is 1. The van der Waals surface area contributed by atoms with Crippen molar-refractivity contribution >= 4 is 13.5 Å². The molecular weight excluding hydrogens is 700 g/mol. The van der Waals surface area contributed by atoms with Gasteiger partial charge in [-0.15, -0.1) is 0 Å². The summed E-state index contributed by atoms with van der Waals surface area (Å²) in [6.07, 6.45) is 25.0. The maximum absolute atomic E-state index is 16.0. The molecule has 0 radical (unpaired) electrons. The monoisotopic (exact) mass is 755 g/mol. The first-order valence-corrected chi connectivity index (χ1v) is 20.0. The minimum absolute atomic E-state index is 0.0868. The molecule has 53 heavy (non-hydrogen) atoms. The SMILES string of the molecule is CC/C=C\C/C=C\C/C=C\C/C=C\C/C=C\CCCC(=O)CCCNP(=O)(OC[C@H]1O[C@@H](n2ccc(=O)[nH]c2=O)[C@@](F)(CC)[C@@H]1O)Oc1ccccc1. The number of carbonyl (C=O) groups excluding carboxylic acids is 1. The van der Waals surface area contributed by atoms with E-state index in [9.17, 15) is 24.1 Å². The largest absolute Gasteiger partial charge is 0.458 e. The van der Waals surface area contributed by atoms with Gasteiger partial charge in [-0.05, 0) is 69.9 Å². The first-order valence-electron chi connectivity index (χ1n) is 18.5. The van der Waals surface area contributed by atoms with Gasteiger partial charge in [-0.25, -0.2) is 18.8 Å². The normalized spacial score (nSPS) is 21.8. The predicted molar refractivity (Wildman–Crippen MR) is 207 cm³/mol. The van der Waals surface area contributed by atoms with Gasteiger partial charge in [0.05, 0.1) is 6.61 Å². The molecule has 5 atom stereocenters. The molecule has 0 spiro atoms. The molecule has 0 bridgehead atoms. The van der Waals surface area contributed by atoms with Gasteiger partial charge in [0.15, 0.2) is 11.9 Å². The molecule has 1 aliphatic heterocycles. The third kappa shape index (κ3) is 15.1. The lowest BCUT2D eigenvalue weighted by molar-refractivity contribution is -0.119. The molecule has 3 rings (SSSR count). The Kier molecular flexibility index (Phi) is 19.4. The molecule has 1 fully saturated rings. The Bertz CT molecular complexity index is 1700. The van der Waals surface area contributed by atoms with Crippen LogP contribution in [0.4, 0.5) is 4.39 Å². The van der Waals surface area contributed by atoms with Gasteiger partial charge in [0.25, 0.3) is 5.56 Å². The number of aliphatic hydroxyl groups is 1. The topological polar surface area (TPSA) is 149 Å². The average Bonchev–Trinajstić information content (AvgIpc) is 3.40. The molecule has 11 nitrogen and oxygen atoms in total. The summed E-state index contributed by atoms with van der Waals surface area (Å²) in [6.45, 7) is 3.19. The highest BCUT2D eigenvalue weighted by Crippen LogP contribution is 2.48. The summed E-state index contributed by atoms with van der Waals surface area (Å²) in [6, 6.07) is 9.34. The maximum Gasteiger partial charge on any atom is 0.458 e. The molecule has 0 saturated carbocycles. The summed E-state index contributed by atoms with van der Waals surface area (Å²) in [7, 11) is -4.11. The zero-order valence-corrected chi connectivity index (χ0v) is 31.7. The quantitative estimate of drug-likeness (QED) is 0.0521. The number of benzene rings is 1. The molecule has 2 heterocycles. The van der Waals surface area contributed by atoms with Gasteiger partial charge in [0.2, 0.25) is 0 Å². The van der Waals surface area contributed by atoms with Crippen molar-refractivity contribution in [1.29, 1.82) is 0 Å². The highest BCUT2D eigenvalue weighted by molar-refractivity contribution is 7.52. The number of nitrogens with zero attached hydrogens (tertiary/aromatic N) is 1. The van der Waals surface area contributed by atoms with Crippen molar-refractivity contribution in [1.82, 2.24) is 14.6 Å². The molecule has 1 aromatic heterocycles. The van der Waals surface area contributed by atoms with Crippen LogP contribution in [0, 0.1) is 0 Å². The number of rotatable bonds is 25. The second-order valence-corrected chi connectivity index (χ2v) is 14.4. The van der Waals surface area contributed by atoms with Crippen molar-refractivity contribution in [2.75, 3.05) is 13.2 Å². The maximum atomic E-state index is 16.0. The third-order valence-electron chi connectivity index (χ3n) is 8.50. The summed E-state index contributed by atoms with van der Waals surface area (Å²) in [5.41, 5.74) is -3.99. The summed E-state index contributed by atoms with van der Waals surface area (Å²) in [5, 5.41) is 13.7. The van der Waals surface area contributed by atoms with Crippen LogP contribution in [0.3, 0.4) is 0 Å². The number of hydrogen-bond donors (Lipinski definition) is 3. The van der Waals surface area contributed by atoms with Gasteiger partial charge < -0.3 is 14.4 Å². The number of nitrogens with one attached hydrogen (secondary N) is 2. The molecule has 1 saturated heterocycles. The Balaban J connectivity index is 1.40. The standard InChI is InChI=1S/C40H55FN3O8P/c1-3-5-6-7-8-9-10-11-12-13-14-15-16-17-18-19-21-25-33(45)26-24-30-42-53(49,52-34-27-22-20-23-28-34)50-32-35-37(47)40(41,4-2)38(51-35)44-31-29-36(46)43-39(44)48/h5-6,8-9,11-12,14-15,17-18,20,22-23,27-29,31,35,37-38,47H,3-4,7,10,13,16,19,21,24-26,30,32H2,1-2H3,(H,42,49)(H,43,46,48)/b6-5-,9-8-,12-11-,15-14-,18-17-/t35-,37-,38-,40-,53?/m1/s1. The number of allylic oxidation sites excluding steroid dienone is 10. The Hall–Kier alpha value is -3.93. The lowest BCUT2D eigenvalue weighted by Gasteiger charge is -2.27. The fourth-order valence-electron chi connectivity index (χ4n) is 5.54. The molecular formula is C40H55FN3O8P. The van der Waals surface area contributed by atoms with Crippen LogP contribution in [0.5, 0.6) is 5.75 Å². The Morgan fingerprint density at radius 3 is 2.15 bits per heavy atom. The van der Waals surface area contributed by atoms with Crippen molar-refractivity contribution in [2.45, 2.75) is 109 Å². The number of unbranched alkanes of at least 4 members (excludes halogenated alkanes) is 1. The van der Waals surface area contributed by atoms with Crippen molar-refractivity contribution in [3.8, 4) is 5.75 Å². The van der Waals surface area contributed by atoms with Crippen molar-refractivity contribution in [3.63, 3.8) is 0 Å². The molecule has 2 aromatic rings. The number of H-pyrrole nitrogens is 1. The second kappa shape index (κ2) is 23.7. The molecule has 1 unspecified atom stereocenters. The Morgan fingerprint density at radius 2 is 1.55 bits per heavy atom. The number of ether oxygens (including phenoxy) is 1. The van der Waals surface area contributed by atoms with Gasteiger partial charge in [-0.2, -0.15) is 0 Å². The zero-order chi connectivity index (χ0) is 38.4. The molecule has 1 aliphatic rings. The number of halogens is 1. The number of para-hydroxylation sites is 1. The first kappa shape index (κ1) is 43.5. The van der Waals surface area contributed by atoms with E-state index in [1.54, 1.807) is 30.3 Å². The van der Waals surface area contributed by atoms with Gasteiger partial charge in [0.1, 0.15) is 23.7 Å². The van der Waals surface area contributed by atoms with Crippen LogP contribution in [0.25, 0.3) is 0 Å². The third-order valence-corrected chi connectivity index (χ3v) is 10.1. The lowest BCUT2D eigenvalue weighted by atomic mass is 9.93. The van der Waals surface area contributed by atoms with Crippen LogP contribution in [0.1, 0.15) is 90.7 Å². The van der Waals surface area contributed by atoms with Gasteiger partial charge in [-0.3, -0.25) is 23.7 Å². The number of aliphatic hydroxyl groups excluding tert-OH is 1. The average molecular weight is 756 g/mol. The van der Waals surface area contributed by atoms with E-state index >= 15 is 4.39 Å². The van der Waals surface area contributed by atoms with Crippen molar-refractivity contribution in [2.24, 2.45) is 0 Å². The first-order chi connectivity index (χ1) is 25.6. The van der Waals surface area contributed by atoms with Crippen LogP contribution in [0.15, 0.2) is 113 Å². The van der Waals surface area contributed by atoms with Gasteiger partial charge in [0, 0.05) is 31.6 Å². The van der Waals surface area contributed by atoms with Crippen LogP contribution in [-0.2, 0) is 18.6 Å². The van der Waals surface area contributed by atoms with Crippen LogP contribution in [-0.4, -0.2) is 51.5 Å². The summed E-state index contributed by atoms with van der Waals surface area (Å²) in [4.78, 5) is 38.5. The smallest absolute Gasteiger partial charge is 0.413 e. The van der Waals surface area contributed by atoms with Crippen LogP contribution in [0.2, 0.25) is 0 Å². The Labute approximate surface area is 311 Å². The molecule has 13 heteroatoms. The van der Waals surface area contributed by atoms with Crippen molar-refractivity contribution in [3.05, 3.63) is 124 Å². The molecule has 3 N–H and O–H groups in total. The highest BCUT2D eigenvalue weighted by atomic mass is 31.2.